The maximum Gasteiger partial charge on any atom is 0.239 e. The van der Waals surface area contributed by atoms with E-state index in [1.165, 1.54) is 24.9 Å². The molecule has 0 spiro atoms. The minimum Gasteiger partial charge on any atom is -0.469 e. The summed E-state index contributed by atoms with van der Waals surface area (Å²) in [5.41, 5.74) is 7.21. The lowest BCUT2D eigenvalue weighted by atomic mass is 9.91. The molecule has 5 rings (SSSR count). The van der Waals surface area contributed by atoms with Crippen LogP contribution >= 0.6 is 23.4 Å². The number of allylic oxidation sites excluding steroid dienone is 2. The summed E-state index contributed by atoms with van der Waals surface area (Å²) in [6.07, 6.45) is 5.03. The predicted molar refractivity (Wildman–Crippen MR) is 134 cm³/mol. The third kappa shape index (κ3) is 3.59. The molecular weight excluding hydrogens is 499 g/mol. The molecule has 0 bridgehead atoms. The number of guanidine groups is 1. The van der Waals surface area contributed by atoms with Crippen molar-refractivity contribution in [3.63, 3.8) is 0 Å². The number of benzene rings is 1. The smallest absolute Gasteiger partial charge is 0.239 e. The molecule has 0 saturated carbocycles. The molecule has 2 unspecified atom stereocenters. The van der Waals surface area contributed by atoms with E-state index >= 15 is 4.39 Å². The van der Waals surface area contributed by atoms with Crippen molar-refractivity contribution in [3.8, 4) is 11.1 Å². The van der Waals surface area contributed by atoms with Crippen molar-refractivity contribution >= 4 is 45.1 Å². The van der Waals surface area contributed by atoms with Gasteiger partial charge in [-0.15, -0.1) is 11.8 Å². The van der Waals surface area contributed by atoms with E-state index in [1.54, 1.807) is 31.5 Å². The summed E-state index contributed by atoms with van der Waals surface area (Å²) >= 11 is 8.15. The van der Waals surface area contributed by atoms with Crippen LogP contribution in [0.4, 0.5) is 4.39 Å². The van der Waals surface area contributed by atoms with Crippen LogP contribution in [0, 0.1) is 18.7 Å². The minimum atomic E-state index is -3.66. The second-order valence-electron chi connectivity index (χ2n) is 8.65. The van der Waals surface area contributed by atoms with Crippen molar-refractivity contribution in [2.24, 2.45) is 21.6 Å². The summed E-state index contributed by atoms with van der Waals surface area (Å²) in [6, 6.07) is 6.80. The summed E-state index contributed by atoms with van der Waals surface area (Å²) in [5, 5.41) is 0.155. The lowest BCUT2D eigenvalue weighted by Gasteiger charge is -2.35. The summed E-state index contributed by atoms with van der Waals surface area (Å²) in [5.74, 6) is -0.343. The van der Waals surface area contributed by atoms with Crippen molar-refractivity contribution < 1.29 is 17.2 Å². The first kappa shape index (κ1) is 23.2. The first-order valence-corrected chi connectivity index (χ1v) is 13.4. The highest BCUT2D eigenvalue weighted by Gasteiger charge is 2.49. The molecule has 0 fully saturated rings. The number of hydrogen-bond acceptors (Lipinski definition) is 7. The average Bonchev–Trinajstić information content (AvgIpc) is 3.35. The molecule has 34 heavy (non-hydrogen) atoms. The van der Waals surface area contributed by atoms with Gasteiger partial charge in [0.2, 0.25) is 16.0 Å². The molecule has 4 heterocycles. The molecule has 178 valence electrons. The summed E-state index contributed by atoms with van der Waals surface area (Å²) in [4.78, 5) is 9.57. The summed E-state index contributed by atoms with van der Waals surface area (Å²) < 4.78 is 47.0. The van der Waals surface area contributed by atoms with Gasteiger partial charge < -0.3 is 10.2 Å². The molecule has 0 radical (unpaired) electrons. The molecule has 3 aliphatic heterocycles. The third-order valence-electron chi connectivity index (χ3n) is 6.33. The largest absolute Gasteiger partial charge is 0.469 e. The SMILES string of the molecule is Cc1occc1-c1ccc(C2=NC=CC3C(Cl)=C([C@]4(C)CS(=O)(=O)N(C)C(N)=N4)SC23)c(F)c1. The van der Waals surface area contributed by atoms with Crippen LogP contribution in [0.1, 0.15) is 18.2 Å². The van der Waals surface area contributed by atoms with Crippen LogP contribution in [0.15, 0.2) is 67.1 Å². The topological polar surface area (TPSA) is 101 Å². The summed E-state index contributed by atoms with van der Waals surface area (Å²) in [7, 11) is -2.29. The second kappa shape index (κ2) is 8.00. The van der Waals surface area contributed by atoms with E-state index in [1.807, 2.05) is 19.1 Å². The fourth-order valence-corrected chi connectivity index (χ4v) is 8.18. The van der Waals surface area contributed by atoms with Crippen molar-refractivity contribution in [2.75, 3.05) is 12.8 Å². The van der Waals surface area contributed by atoms with Crippen LogP contribution in [0.5, 0.6) is 0 Å². The van der Waals surface area contributed by atoms with E-state index in [2.05, 4.69) is 9.98 Å². The number of hydrogen-bond donors (Lipinski definition) is 1. The maximum absolute atomic E-state index is 15.3. The van der Waals surface area contributed by atoms with E-state index in [4.69, 9.17) is 21.8 Å². The first-order valence-electron chi connectivity index (χ1n) is 10.5. The molecule has 0 aliphatic carbocycles. The maximum atomic E-state index is 15.3. The van der Waals surface area contributed by atoms with Crippen LogP contribution in [0.25, 0.3) is 11.1 Å². The van der Waals surface area contributed by atoms with Crippen molar-refractivity contribution in [3.05, 3.63) is 69.9 Å². The molecule has 3 aliphatic rings. The Morgan fingerprint density at radius 1 is 1.32 bits per heavy atom. The normalized spacial score (nSPS) is 28.1. The van der Waals surface area contributed by atoms with Gasteiger partial charge in [-0.1, -0.05) is 23.7 Å². The molecule has 1 aromatic carbocycles. The number of furan rings is 1. The molecule has 3 atom stereocenters. The Labute approximate surface area is 206 Å². The third-order valence-corrected chi connectivity index (χ3v) is 10.5. The lowest BCUT2D eigenvalue weighted by molar-refractivity contribution is 0.507. The average molecular weight is 521 g/mol. The Kier molecular flexibility index (Phi) is 5.46. The van der Waals surface area contributed by atoms with E-state index in [9.17, 15) is 8.42 Å². The molecule has 2 N–H and O–H groups in total. The number of nitrogens with zero attached hydrogens (tertiary/aromatic N) is 3. The molecule has 0 saturated heterocycles. The van der Waals surface area contributed by atoms with Gasteiger partial charge in [0, 0.05) is 40.2 Å². The molecular formula is C23H22ClFN4O3S2. The minimum absolute atomic E-state index is 0.0956. The number of halogens is 2. The number of aliphatic imine (C=N–C) groups is 2. The molecule has 7 nitrogen and oxygen atoms in total. The van der Waals surface area contributed by atoms with Crippen LogP contribution < -0.4 is 5.73 Å². The number of nitrogens with two attached hydrogens (primary N) is 1. The Bertz CT molecular complexity index is 1430. The number of thioether (sulfide) groups is 1. The van der Waals surface area contributed by atoms with Crippen LogP contribution in [-0.2, 0) is 10.0 Å². The van der Waals surface area contributed by atoms with Crippen LogP contribution in [0.2, 0.25) is 0 Å². The predicted octanol–water partition coefficient (Wildman–Crippen LogP) is 4.24. The van der Waals surface area contributed by atoms with Crippen LogP contribution in [-0.4, -0.2) is 48.0 Å². The second-order valence-corrected chi connectivity index (χ2v) is 12.2. The highest BCUT2D eigenvalue weighted by Crippen LogP contribution is 2.53. The van der Waals surface area contributed by atoms with E-state index in [0.717, 1.165) is 9.87 Å². The van der Waals surface area contributed by atoms with Gasteiger partial charge >= 0.3 is 0 Å². The Morgan fingerprint density at radius 3 is 2.74 bits per heavy atom. The van der Waals surface area contributed by atoms with Gasteiger partial charge in [0.1, 0.15) is 17.1 Å². The standard InChI is InChI=1S/C23H22ClFN4O3S2/c1-12-14(7-9-32-12)13-4-5-15(17(25)10-13)19-20-16(6-8-27-19)18(24)21(33-20)23(2)11-34(30,31)29(3)22(26)28-23/h4-10,16,20H,11H2,1-3H3,(H2,26,28)/t16?,20?,23-/m0/s1. The van der Waals surface area contributed by atoms with Gasteiger partial charge in [0.25, 0.3) is 0 Å². The summed E-state index contributed by atoms with van der Waals surface area (Å²) in [6.45, 7) is 3.53. The Morgan fingerprint density at radius 2 is 2.09 bits per heavy atom. The van der Waals surface area contributed by atoms with Gasteiger partial charge in [-0.25, -0.2) is 22.1 Å². The first-order chi connectivity index (χ1) is 16.0. The fraction of sp³-hybridized carbons (Fsp3) is 0.304. The molecule has 11 heteroatoms. The molecule has 0 amide bonds. The van der Waals surface area contributed by atoms with Gasteiger partial charge in [-0.3, -0.25) is 4.99 Å². The van der Waals surface area contributed by atoms with Gasteiger partial charge in [0.15, 0.2) is 0 Å². The van der Waals surface area contributed by atoms with Crippen LogP contribution in [0.3, 0.4) is 0 Å². The molecule has 2 aromatic rings. The van der Waals surface area contributed by atoms with E-state index in [0.29, 0.717) is 32.5 Å². The zero-order valence-corrected chi connectivity index (χ0v) is 21.0. The van der Waals surface area contributed by atoms with E-state index < -0.39 is 21.4 Å². The fourth-order valence-electron chi connectivity index (χ4n) is 4.49. The zero-order chi connectivity index (χ0) is 24.4. The van der Waals surface area contributed by atoms with E-state index in [-0.39, 0.29) is 22.9 Å². The van der Waals surface area contributed by atoms with Crippen molar-refractivity contribution in [1.82, 2.24) is 4.31 Å². The highest BCUT2D eigenvalue weighted by molar-refractivity contribution is 8.05. The Balaban J connectivity index is 1.50. The van der Waals surface area contributed by atoms with Gasteiger partial charge in [0.05, 0.1) is 23.0 Å². The quantitative estimate of drug-likeness (QED) is 0.652. The number of rotatable bonds is 3. The molecule has 1 aromatic heterocycles. The van der Waals surface area contributed by atoms with Gasteiger partial charge in [-0.05, 0) is 37.6 Å². The van der Waals surface area contributed by atoms with Gasteiger partial charge in [-0.2, -0.15) is 0 Å². The number of fused-ring (bicyclic) bond motifs is 1. The number of aryl methyl sites for hydroxylation is 1. The van der Waals surface area contributed by atoms with Crippen molar-refractivity contribution in [2.45, 2.75) is 24.6 Å². The number of sulfonamides is 1. The Hall–Kier alpha value is -2.56. The highest BCUT2D eigenvalue weighted by atomic mass is 35.5. The monoisotopic (exact) mass is 520 g/mol. The zero-order valence-electron chi connectivity index (χ0n) is 18.6. The lowest BCUT2D eigenvalue weighted by Crippen LogP contribution is -2.52. The van der Waals surface area contributed by atoms with Crippen molar-refractivity contribution in [1.29, 1.82) is 0 Å².